The molecule has 0 saturated heterocycles. The van der Waals surface area contributed by atoms with Crippen LogP contribution >= 0.6 is 11.3 Å². The largest absolute Gasteiger partial charge is 0.489 e. The van der Waals surface area contributed by atoms with Gasteiger partial charge in [0.05, 0.1) is 4.53 Å². The summed E-state index contributed by atoms with van der Waals surface area (Å²) < 4.78 is 7.28. The summed E-state index contributed by atoms with van der Waals surface area (Å²) in [6.45, 7) is 6.01. The third-order valence-electron chi connectivity index (χ3n) is 4.50. The van der Waals surface area contributed by atoms with Crippen LogP contribution in [0.1, 0.15) is 22.4 Å². The van der Waals surface area contributed by atoms with Gasteiger partial charge in [0.25, 0.3) is 11.1 Å². The molecule has 0 bridgehead atoms. The monoisotopic (exact) mass is 417 g/mol. The second-order valence-corrected chi connectivity index (χ2v) is 7.78. The quantitative estimate of drug-likeness (QED) is 0.451. The number of benzene rings is 2. The smallest absolute Gasteiger partial charge is 0.296 e. The minimum Gasteiger partial charge on any atom is -0.489 e. The number of ether oxygens (including phenoxy) is 1. The van der Waals surface area contributed by atoms with Crippen LogP contribution in [0.4, 0.5) is 0 Å². The second-order valence-electron chi connectivity index (χ2n) is 6.77. The highest BCUT2D eigenvalue weighted by atomic mass is 32.1. The maximum atomic E-state index is 12.9. The van der Waals surface area contributed by atoms with Gasteiger partial charge in [-0.3, -0.25) is 9.59 Å². The van der Waals surface area contributed by atoms with E-state index in [1.165, 1.54) is 4.52 Å². The number of fused-ring (bicyclic) bond motifs is 1. The van der Waals surface area contributed by atoms with E-state index in [-0.39, 0.29) is 16.2 Å². The van der Waals surface area contributed by atoms with Crippen molar-refractivity contribution in [2.45, 2.75) is 13.3 Å². The first-order chi connectivity index (χ1) is 14.5. The van der Waals surface area contributed by atoms with Crippen LogP contribution in [-0.2, 0) is 6.42 Å². The van der Waals surface area contributed by atoms with Gasteiger partial charge in [0.2, 0.25) is 4.96 Å². The molecule has 0 aliphatic rings. The standard InChI is InChI=1S/C23H19N3O3S/c1-3-12-29-19-7-5-4-6-17(19)14-20-22(28)26-23(30-20)24-21(27)18(25-26)13-16-10-8-15(2)9-11-16/h3-11,14H,1,12-13H2,2H3. The predicted molar refractivity (Wildman–Crippen MR) is 118 cm³/mol. The topological polar surface area (TPSA) is 73.6 Å². The summed E-state index contributed by atoms with van der Waals surface area (Å²) >= 11 is 1.13. The average molecular weight is 417 g/mol. The van der Waals surface area contributed by atoms with Gasteiger partial charge in [-0.1, -0.05) is 72.0 Å². The Morgan fingerprint density at radius 1 is 1.13 bits per heavy atom. The first-order valence-corrected chi connectivity index (χ1v) is 10.2. The normalized spacial score (nSPS) is 11.7. The fraction of sp³-hybridized carbons (Fsp3) is 0.130. The van der Waals surface area contributed by atoms with Gasteiger partial charge < -0.3 is 4.74 Å². The second kappa shape index (κ2) is 8.42. The molecular formula is C23H19N3O3S. The van der Waals surface area contributed by atoms with Crippen molar-refractivity contribution in [3.63, 3.8) is 0 Å². The molecule has 7 heteroatoms. The molecule has 2 heterocycles. The lowest BCUT2D eigenvalue weighted by atomic mass is 10.1. The Labute approximate surface area is 176 Å². The van der Waals surface area contributed by atoms with E-state index in [4.69, 9.17) is 4.74 Å². The number of aryl methyl sites for hydroxylation is 1. The van der Waals surface area contributed by atoms with E-state index in [0.717, 1.165) is 28.0 Å². The Kier molecular flexibility index (Phi) is 5.54. The van der Waals surface area contributed by atoms with E-state index >= 15 is 0 Å². The molecule has 0 fully saturated rings. The molecule has 4 rings (SSSR count). The van der Waals surface area contributed by atoms with Crippen molar-refractivity contribution in [2.75, 3.05) is 6.61 Å². The molecule has 150 valence electrons. The summed E-state index contributed by atoms with van der Waals surface area (Å²) in [5.41, 5.74) is 2.34. The first kappa shape index (κ1) is 19.7. The van der Waals surface area contributed by atoms with E-state index in [1.807, 2.05) is 55.5 Å². The molecule has 6 nitrogen and oxygen atoms in total. The lowest BCUT2D eigenvalue weighted by Gasteiger charge is -2.05. The van der Waals surface area contributed by atoms with Gasteiger partial charge in [0.1, 0.15) is 18.1 Å². The van der Waals surface area contributed by atoms with E-state index in [1.54, 1.807) is 12.2 Å². The van der Waals surface area contributed by atoms with Crippen molar-refractivity contribution in [2.24, 2.45) is 0 Å². The van der Waals surface area contributed by atoms with Gasteiger partial charge in [0.15, 0.2) is 0 Å². The Hall–Kier alpha value is -3.58. The number of rotatable bonds is 6. The van der Waals surface area contributed by atoms with Crippen molar-refractivity contribution < 1.29 is 4.74 Å². The summed E-state index contributed by atoms with van der Waals surface area (Å²) in [6.07, 6.45) is 3.71. The minimum atomic E-state index is -0.418. The zero-order valence-electron chi connectivity index (χ0n) is 16.4. The van der Waals surface area contributed by atoms with Crippen LogP contribution in [0.25, 0.3) is 11.0 Å². The Morgan fingerprint density at radius 3 is 2.67 bits per heavy atom. The fourth-order valence-electron chi connectivity index (χ4n) is 2.97. The highest BCUT2D eigenvalue weighted by Crippen LogP contribution is 2.18. The molecule has 30 heavy (non-hydrogen) atoms. The number of thiazole rings is 1. The molecule has 0 radical (unpaired) electrons. The number of para-hydroxylation sites is 1. The maximum Gasteiger partial charge on any atom is 0.296 e. The molecule has 0 saturated carbocycles. The van der Waals surface area contributed by atoms with E-state index in [2.05, 4.69) is 16.7 Å². The van der Waals surface area contributed by atoms with Crippen molar-refractivity contribution >= 4 is 22.4 Å². The molecule has 0 aliphatic carbocycles. The van der Waals surface area contributed by atoms with E-state index in [0.29, 0.717) is 23.3 Å². The molecule has 4 aromatic rings. The first-order valence-electron chi connectivity index (χ1n) is 9.38. The lowest BCUT2D eigenvalue weighted by molar-refractivity contribution is 0.362. The van der Waals surface area contributed by atoms with Crippen LogP contribution in [0.2, 0.25) is 0 Å². The van der Waals surface area contributed by atoms with Crippen LogP contribution < -0.4 is 20.4 Å². The molecule has 0 amide bonds. The summed E-state index contributed by atoms with van der Waals surface area (Å²) in [5.74, 6) is 0.643. The summed E-state index contributed by atoms with van der Waals surface area (Å²) in [6, 6.07) is 15.2. The summed E-state index contributed by atoms with van der Waals surface area (Å²) in [5, 5.41) is 4.30. The number of hydrogen-bond acceptors (Lipinski definition) is 6. The molecule has 0 aliphatic heterocycles. The molecular weight excluding hydrogens is 398 g/mol. The Morgan fingerprint density at radius 2 is 1.90 bits per heavy atom. The van der Waals surface area contributed by atoms with Gasteiger partial charge in [-0.2, -0.15) is 14.6 Å². The van der Waals surface area contributed by atoms with Gasteiger partial charge in [-0.15, -0.1) is 0 Å². The zero-order valence-corrected chi connectivity index (χ0v) is 17.2. The highest BCUT2D eigenvalue weighted by molar-refractivity contribution is 7.15. The average Bonchev–Trinajstić information content (AvgIpc) is 3.04. The third kappa shape index (κ3) is 4.06. The summed E-state index contributed by atoms with van der Waals surface area (Å²) in [7, 11) is 0. The number of hydrogen-bond donors (Lipinski definition) is 0. The van der Waals surface area contributed by atoms with Gasteiger partial charge in [-0.25, -0.2) is 0 Å². The van der Waals surface area contributed by atoms with E-state index < -0.39 is 5.56 Å². The molecule has 0 atom stereocenters. The lowest BCUT2D eigenvalue weighted by Crippen LogP contribution is -2.28. The van der Waals surface area contributed by atoms with Gasteiger partial charge >= 0.3 is 0 Å². The predicted octanol–water partition coefficient (Wildman–Crippen LogP) is 2.52. The summed E-state index contributed by atoms with van der Waals surface area (Å²) in [4.78, 5) is 29.7. The highest BCUT2D eigenvalue weighted by Gasteiger charge is 2.12. The Bertz CT molecular complexity index is 1390. The van der Waals surface area contributed by atoms with Crippen LogP contribution in [0, 0.1) is 6.92 Å². The SMILES string of the molecule is C=CCOc1ccccc1C=c1sc2nc(=O)c(Cc3ccc(C)cc3)nn2c1=O. The van der Waals surface area contributed by atoms with E-state index in [9.17, 15) is 9.59 Å². The van der Waals surface area contributed by atoms with Crippen molar-refractivity contribution in [3.8, 4) is 5.75 Å². The Balaban J connectivity index is 1.77. The molecule has 0 spiro atoms. The van der Waals surface area contributed by atoms with Crippen molar-refractivity contribution in [1.82, 2.24) is 14.6 Å². The molecule has 2 aromatic heterocycles. The van der Waals surface area contributed by atoms with Gasteiger partial charge in [0, 0.05) is 12.0 Å². The van der Waals surface area contributed by atoms with Crippen molar-refractivity contribution in [3.05, 3.63) is 109 Å². The van der Waals surface area contributed by atoms with Crippen molar-refractivity contribution in [1.29, 1.82) is 0 Å². The van der Waals surface area contributed by atoms with Crippen LogP contribution in [0.15, 0.2) is 70.8 Å². The number of aromatic nitrogens is 3. The van der Waals surface area contributed by atoms with Crippen LogP contribution in [-0.4, -0.2) is 21.2 Å². The minimum absolute atomic E-state index is 0.243. The number of nitrogens with zero attached hydrogens (tertiary/aromatic N) is 3. The zero-order chi connectivity index (χ0) is 21.1. The molecule has 0 unspecified atom stereocenters. The maximum absolute atomic E-state index is 12.9. The van der Waals surface area contributed by atoms with Crippen LogP contribution in [0.5, 0.6) is 5.75 Å². The molecule has 2 aromatic carbocycles. The fourth-order valence-corrected chi connectivity index (χ4v) is 3.87. The van der Waals surface area contributed by atoms with Crippen LogP contribution in [0.3, 0.4) is 0 Å². The molecule has 0 N–H and O–H groups in total. The third-order valence-corrected chi connectivity index (χ3v) is 5.46. The van der Waals surface area contributed by atoms with Gasteiger partial charge in [-0.05, 0) is 24.6 Å².